The van der Waals surface area contributed by atoms with Gasteiger partial charge in [0.25, 0.3) is 5.56 Å². The van der Waals surface area contributed by atoms with Gasteiger partial charge in [-0.05, 0) is 44.2 Å². The molecule has 0 spiro atoms. The van der Waals surface area contributed by atoms with Gasteiger partial charge in [0.2, 0.25) is 11.8 Å². The number of fused-ring (bicyclic) bond motifs is 1. The number of benzene rings is 1. The molecule has 1 N–H and O–H groups in total. The molecule has 0 unspecified atom stereocenters. The molecule has 0 saturated carbocycles. The Morgan fingerprint density at radius 2 is 1.81 bits per heavy atom. The van der Waals surface area contributed by atoms with Crippen LogP contribution in [0.4, 0.5) is 0 Å². The summed E-state index contributed by atoms with van der Waals surface area (Å²) >= 11 is 0. The predicted octanol–water partition coefficient (Wildman–Crippen LogP) is 1.59. The molecule has 1 aliphatic heterocycles. The number of nitrogens with zero attached hydrogens (tertiary/aromatic N) is 3. The third-order valence-electron chi connectivity index (χ3n) is 4.68. The second-order valence-electron chi connectivity index (χ2n) is 6.57. The van der Waals surface area contributed by atoms with Crippen LogP contribution in [0.3, 0.4) is 0 Å². The molecule has 1 fully saturated rings. The van der Waals surface area contributed by atoms with Gasteiger partial charge in [-0.1, -0.05) is 18.6 Å². The van der Waals surface area contributed by atoms with Crippen molar-refractivity contribution in [3.8, 4) is 0 Å². The largest absolute Gasteiger partial charge is 0.396 e. The highest BCUT2D eigenvalue weighted by Gasteiger charge is 2.30. The first kappa shape index (κ1) is 18.3. The molecule has 0 atom stereocenters. The maximum absolute atomic E-state index is 13.2. The monoisotopic (exact) mass is 357 g/mol. The molecule has 3 rings (SSSR count). The first-order chi connectivity index (χ1) is 12.5. The Kier molecular flexibility index (Phi) is 5.46. The number of unbranched alkanes of at least 4 members (excludes halogenated alkanes) is 2. The lowest BCUT2D eigenvalue weighted by Gasteiger charge is -2.27. The fourth-order valence-electron chi connectivity index (χ4n) is 3.41. The van der Waals surface area contributed by atoms with Crippen LogP contribution in [0.5, 0.6) is 0 Å². The smallest absolute Gasteiger partial charge is 0.281 e. The molecule has 2 aromatic rings. The lowest BCUT2D eigenvalue weighted by molar-refractivity contribution is -0.131. The number of hydrogen-bond acceptors (Lipinski definition) is 5. The van der Waals surface area contributed by atoms with E-state index < -0.39 is 0 Å². The number of carbonyl (C=O) groups is 2. The molecule has 0 aliphatic carbocycles. The summed E-state index contributed by atoms with van der Waals surface area (Å²) in [5.74, 6) is -0.412. The molecule has 1 saturated heterocycles. The normalized spacial score (nSPS) is 15.1. The summed E-state index contributed by atoms with van der Waals surface area (Å²) in [6, 6.07) is 5.51. The number of aromatic nitrogens is 2. The fourth-order valence-corrected chi connectivity index (χ4v) is 3.41. The highest BCUT2D eigenvalue weighted by molar-refractivity contribution is 6.10. The summed E-state index contributed by atoms with van der Waals surface area (Å²) in [6.45, 7) is 1.78. The van der Waals surface area contributed by atoms with Crippen LogP contribution in [0.25, 0.3) is 10.9 Å². The fraction of sp³-hybridized carbons (Fsp3) is 0.474. The summed E-state index contributed by atoms with van der Waals surface area (Å²) in [6.07, 6.45) is 4.12. The standard InChI is InChI=1S/C19H23N3O4/c1-13-20-15-9-5-8-14(7-3-2-4-12-23)18(15)19(26)21(13)22-16(24)10-6-11-17(22)25/h5,8-9,23H,2-4,6-7,10-12H2,1H3. The van der Waals surface area contributed by atoms with Crippen LogP contribution in [-0.4, -0.2) is 33.2 Å². The number of aliphatic hydroxyl groups is 1. The number of rotatable bonds is 6. The predicted molar refractivity (Wildman–Crippen MR) is 97.5 cm³/mol. The van der Waals surface area contributed by atoms with Gasteiger partial charge < -0.3 is 5.11 Å². The van der Waals surface area contributed by atoms with Crippen molar-refractivity contribution >= 4 is 22.7 Å². The number of amides is 2. The van der Waals surface area contributed by atoms with E-state index in [4.69, 9.17) is 5.11 Å². The quantitative estimate of drug-likeness (QED) is 0.626. The van der Waals surface area contributed by atoms with Gasteiger partial charge in [0, 0.05) is 19.4 Å². The van der Waals surface area contributed by atoms with Crippen molar-refractivity contribution in [3.05, 3.63) is 39.9 Å². The van der Waals surface area contributed by atoms with Gasteiger partial charge in [-0.2, -0.15) is 9.69 Å². The summed E-state index contributed by atoms with van der Waals surface area (Å²) in [4.78, 5) is 42.2. The van der Waals surface area contributed by atoms with Crippen LogP contribution in [0.15, 0.2) is 23.0 Å². The average Bonchev–Trinajstić information content (AvgIpc) is 2.61. The van der Waals surface area contributed by atoms with Gasteiger partial charge in [0.05, 0.1) is 10.9 Å². The Morgan fingerprint density at radius 1 is 1.08 bits per heavy atom. The summed E-state index contributed by atoms with van der Waals surface area (Å²) < 4.78 is 1.13. The van der Waals surface area contributed by atoms with E-state index in [1.54, 1.807) is 13.0 Å². The molecule has 1 aromatic heterocycles. The van der Waals surface area contributed by atoms with Gasteiger partial charge in [0.15, 0.2) is 0 Å². The second kappa shape index (κ2) is 7.78. The van der Waals surface area contributed by atoms with Crippen molar-refractivity contribution < 1.29 is 14.7 Å². The third kappa shape index (κ3) is 3.39. The van der Waals surface area contributed by atoms with Crippen molar-refractivity contribution in [2.75, 3.05) is 11.6 Å². The Morgan fingerprint density at radius 3 is 2.50 bits per heavy atom. The molecule has 1 aliphatic rings. The van der Waals surface area contributed by atoms with E-state index in [1.165, 1.54) is 0 Å². The molecular weight excluding hydrogens is 334 g/mol. The van der Waals surface area contributed by atoms with E-state index in [1.807, 2.05) is 12.1 Å². The molecule has 2 amide bonds. The zero-order valence-electron chi connectivity index (χ0n) is 14.9. The van der Waals surface area contributed by atoms with Gasteiger partial charge in [0.1, 0.15) is 5.82 Å². The minimum atomic E-state index is -0.381. The number of piperidine rings is 1. The van der Waals surface area contributed by atoms with Gasteiger partial charge >= 0.3 is 0 Å². The molecule has 2 heterocycles. The van der Waals surface area contributed by atoms with Gasteiger partial charge in [-0.3, -0.25) is 14.4 Å². The molecule has 0 bridgehead atoms. The van der Waals surface area contributed by atoms with Crippen LogP contribution in [0.2, 0.25) is 0 Å². The highest BCUT2D eigenvalue weighted by Crippen LogP contribution is 2.18. The molecule has 26 heavy (non-hydrogen) atoms. The molecular formula is C19H23N3O4. The molecule has 0 radical (unpaired) electrons. The topological polar surface area (TPSA) is 92.5 Å². The summed E-state index contributed by atoms with van der Waals surface area (Å²) in [5, 5.41) is 10.3. The van der Waals surface area contributed by atoms with E-state index >= 15 is 0 Å². The van der Waals surface area contributed by atoms with Gasteiger partial charge in [-0.15, -0.1) is 0 Å². The number of imide groups is 1. The molecule has 1 aromatic carbocycles. The average molecular weight is 357 g/mol. The lowest BCUT2D eigenvalue weighted by Crippen LogP contribution is -2.53. The van der Waals surface area contributed by atoms with Gasteiger partial charge in [-0.25, -0.2) is 4.98 Å². The van der Waals surface area contributed by atoms with Crippen LogP contribution < -0.4 is 10.6 Å². The van der Waals surface area contributed by atoms with E-state index in [0.717, 1.165) is 34.5 Å². The maximum atomic E-state index is 13.2. The summed E-state index contributed by atoms with van der Waals surface area (Å²) in [7, 11) is 0. The van der Waals surface area contributed by atoms with Crippen molar-refractivity contribution in [2.45, 2.75) is 51.9 Å². The first-order valence-electron chi connectivity index (χ1n) is 9.02. The third-order valence-corrected chi connectivity index (χ3v) is 4.68. The van der Waals surface area contributed by atoms with E-state index in [0.29, 0.717) is 29.6 Å². The first-order valence-corrected chi connectivity index (χ1v) is 9.02. The minimum Gasteiger partial charge on any atom is -0.396 e. The second-order valence-corrected chi connectivity index (χ2v) is 6.57. The number of aryl methyl sites for hydroxylation is 2. The zero-order valence-corrected chi connectivity index (χ0v) is 14.9. The number of aliphatic hydroxyl groups excluding tert-OH is 1. The highest BCUT2D eigenvalue weighted by atomic mass is 16.3. The van der Waals surface area contributed by atoms with Crippen molar-refractivity contribution in [3.63, 3.8) is 0 Å². The summed E-state index contributed by atoms with van der Waals surface area (Å²) in [5.41, 5.74) is 1.04. The Hall–Kier alpha value is -2.54. The van der Waals surface area contributed by atoms with Crippen LogP contribution in [0.1, 0.15) is 49.9 Å². The zero-order chi connectivity index (χ0) is 18.7. The van der Waals surface area contributed by atoms with Crippen molar-refractivity contribution in [1.29, 1.82) is 0 Å². The molecule has 7 heteroatoms. The number of carbonyl (C=O) groups excluding carboxylic acids is 2. The minimum absolute atomic E-state index is 0.155. The Labute approximate surface area is 151 Å². The van der Waals surface area contributed by atoms with Crippen LogP contribution in [0, 0.1) is 6.92 Å². The molecule has 7 nitrogen and oxygen atoms in total. The molecule has 138 valence electrons. The Balaban J connectivity index is 2.09. The lowest BCUT2D eigenvalue weighted by atomic mass is 10.0. The SMILES string of the molecule is Cc1nc2cccc(CCCCCO)c2c(=O)n1N1C(=O)CCCC1=O. The van der Waals surface area contributed by atoms with Crippen LogP contribution in [-0.2, 0) is 16.0 Å². The van der Waals surface area contributed by atoms with Crippen molar-refractivity contribution in [2.24, 2.45) is 0 Å². The van der Waals surface area contributed by atoms with E-state index in [-0.39, 0.29) is 36.8 Å². The maximum Gasteiger partial charge on any atom is 0.281 e. The number of hydrogen-bond donors (Lipinski definition) is 1. The van der Waals surface area contributed by atoms with E-state index in [9.17, 15) is 14.4 Å². The van der Waals surface area contributed by atoms with Crippen molar-refractivity contribution in [1.82, 2.24) is 9.66 Å². The Bertz CT molecular complexity index is 888. The van der Waals surface area contributed by atoms with Crippen LogP contribution >= 0.6 is 0 Å². The van der Waals surface area contributed by atoms with E-state index in [2.05, 4.69) is 4.98 Å².